The molecule has 1 aromatic rings. The van der Waals surface area contributed by atoms with Gasteiger partial charge in [0.25, 0.3) is 5.91 Å². The molecule has 1 unspecified atom stereocenters. The lowest BCUT2D eigenvalue weighted by Crippen LogP contribution is -2.47. The summed E-state index contributed by atoms with van der Waals surface area (Å²) < 4.78 is 11.5. The molecule has 4 rings (SSSR count). The van der Waals surface area contributed by atoms with Crippen LogP contribution in [0.5, 0.6) is 0 Å². The molecule has 0 N–H and O–H groups in total. The molecule has 1 spiro atoms. The average Bonchev–Trinajstić information content (AvgIpc) is 3.16. The van der Waals surface area contributed by atoms with Crippen molar-refractivity contribution in [1.29, 1.82) is 0 Å². The number of hydrogen-bond acceptors (Lipinski definition) is 5. The molecule has 6 nitrogen and oxygen atoms in total. The third kappa shape index (κ3) is 3.45. The molecule has 0 aliphatic carbocycles. The normalized spacial score (nSPS) is 25.7. The van der Waals surface area contributed by atoms with E-state index in [2.05, 4.69) is 16.8 Å². The van der Waals surface area contributed by atoms with Gasteiger partial charge in [-0.1, -0.05) is 6.92 Å². The van der Waals surface area contributed by atoms with E-state index in [1.54, 1.807) is 6.20 Å². The first-order valence-corrected chi connectivity index (χ1v) is 10.00. The largest absolute Gasteiger partial charge is 0.367 e. The molecule has 3 fully saturated rings. The SMILES string of the molecule is CCC1CCCCN1c1cncc(C(=O)N2CCC3(CC2)OCCO3)c1. The van der Waals surface area contributed by atoms with E-state index in [1.807, 2.05) is 17.2 Å². The second-order valence-corrected chi connectivity index (χ2v) is 7.58. The van der Waals surface area contributed by atoms with Gasteiger partial charge in [-0.3, -0.25) is 9.78 Å². The van der Waals surface area contributed by atoms with E-state index in [4.69, 9.17) is 9.47 Å². The molecule has 4 heterocycles. The van der Waals surface area contributed by atoms with Crippen molar-refractivity contribution in [3.8, 4) is 0 Å². The minimum absolute atomic E-state index is 0.0669. The van der Waals surface area contributed by atoms with E-state index in [9.17, 15) is 4.79 Å². The van der Waals surface area contributed by atoms with Gasteiger partial charge in [0, 0.05) is 44.7 Å². The Balaban J connectivity index is 1.45. The van der Waals surface area contributed by atoms with Crippen LogP contribution in [0.2, 0.25) is 0 Å². The van der Waals surface area contributed by atoms with Gasteiger partial charge < -0.3 is 19.3 Å². The van der Waals surface area contributed by atoms with E-state index < -0.39 is 5.79 Å². The van der Waals surface area contributed by atoms with Gasteiger partial charge in [0.2, 0.25) is 0 Å². The zero-order valence-electron chi connectivity index (χ0n) is 15.7. The van der Waals surface area contributed by atoms with Crippen molar-refractivity contribution in [2.75, 3.05) is 37.7 Å². The predicted molar refractivity (Wildman–Crippen MR) is 99.3 cm³/mol. The zero-order chi connectivity index (χ0) is 18.0. The van der Waals surface area contributed by atoms with Crippen LogP contribution in [0.25, 0.3) is 0 Å². The Kier molecular flexibility index (Phi) is 5.14. The maximum Gasteiger partial charge on any atom is 0.255 e. The van der Waals surface area contributed by atoms with E-state index in [-0.39, 0.29) is 5.91 Å². The zero-order valence-corrected chi connectivity index (χ0v) is 15.7. The molecule has 142 valence electrons. The van der Waals surface area contributed by atoms with Crippen LogP contribution in [-0.2, 0) is 9.47 Å². The van der Waals surface area contributed by atoms with Crippen LogP contribution in [0.3, 0.4) is 0 Å². The molecule has 1 amide bonds. The van der Waals surface area contributed by atoms with Crippen LogP contribution in [0, 0.1) is 0 Å². The Hall–Kier alpha value is -1.66. The van der Waals surface area contributed by atoms with Crippen LogP contribution in [0.15, 0.2) is 18.5 Å². The van der Waals surface area contributed by atoms with E-state index in [1.165, 1.54) is 19.3 Å². The molecule has 0 radical (unpaired) electrons. The van der Waals surface area contributed by atoms with E-state index in [0.29, 0.717) is 37.9 Å². The topological polar surface area (TPSA) is 54.9 Å². The number of piperidine rings is 2. The molecule has 6 heteroatoms. The van der Waals surface area contributed by atoms with Crippen molar-refractivity contribution in [1.82, 2.24) is 9.88 Å². The third-order valence-electron chi connectivity index (χ3n) is 6.03. The number of ether oxygens (including phenoxy) is 2. The van der Waals surface area contributed by atoms with Crippen molar-refractivity contribution >= 4 is 11.6 Å². The first kappa shape index (κ1) is 17.7. The monoisotopic (exact) mass is 359 g/mol. The smallest absolute Gasteiger partial charge is 0.255 e. The summed E-state index contributed by atoms with van der Waals surface area (Å²) in [6.07, 6.45) is 9.95. The minimum atomic E-state index is -0.445. The highest BCUT2D eigenvalue weighted by Crippen LogP contribution is 2.32. The van der Waals surface area contributed by atoms with Gasteiger partial charge in [-0.25, -0.2) is 0 Å². The highest BCUT2D eigenvalue weighted by atomic mass is 16.7. The number of rotatable bonds is 3. The Morgan fingerprint density at radius 3 is 2.69 bits per heavy atom. The number of amides is 1. The molecular formula is C20H29N3O3. The van der Waals surface area contributed by atoms with E-state index >= 15 is 0 Å². The van der Waals surface area contributed by atoms with Gasteiger partial charge in [-0.2, -0.15) is 0 Å². The fraction of sp³-hybridized carbons (Fsp3) is 0.700. The van der Waals surface area contributed by atoms with E-state index in [0.717, 1.165) is 31.5 Å². The summed E-state index contributed by atoms with van der Waals surface area (Å²) in [5.41, 5.74) is 1.77. The second-order valence-electron chi connectivity index (χ2n) is 7.58. The molecule has 26 heavy (non-hydrogen) atoms. The molecule has 0 saturated carbocycles. The summed E-state index contributed by atoms with van der Waals surface area (Å²) in [7, 11) is 0. The molecule has 3 aliphatic rings. The standard InChI is InChI=1S/C20H29N3O3/c1-2-17-5-3-4-8-23(17)18-13-16(14-21-15-18)19(24)22-9-6-20(7-10-22)25-11-12-26-20/h13-15,17H,2-12H2,1H3. The van der Waals surface area contributed by atoms with Crippen molar-refractivity contribution in [2.45, 2.75) is 57.3 Å². The molecular weight excluding hydrogens is 330 g/mol. The van der Waals surface area contributed by atoms with Gasteiger partial charge in [-0.15, -0.1) is 0 Å². The predicted octanol–water partition coefficient (Wildman–Crippen LogP) is 2.83. The average molecular weight is 359 g/mol. The maximum atomic E-state index is 13.0. The lowest BCUT2D eigenvalue weighted by Gasteiger charge is -2.38. The minimum Gasteiger partial charge on any atom is -0.367 e. The summed E-state index contributed by atoms with van der Waals surface area (Å²) in [4.78, 5) is 21.7. The molecule has 1 atom stereocenters. The third-order valence-corrected chi connectivity index (χ3v) is 6.03. The molecule has 3 saturated heterocycles. The number of likely N-dealkylation sites (tertiary alicyclic amines) is 1. The van der Waals surface area contributed by atoms with Crippen LogP contribution >= 0.6 is 0 Å². The van der Waals surface area contributed by atoms with Crippen molar-refractivity contribution in [3.63, 3.8) is 0 Å². The number of anilines is 1. The molecule has 0 aromatic carbocycles. The molecule has 3 aliphatic heterocycles. The van der Waals surface area contributed by atoms with Gasteiger partial charge >= 0.3 is 0 Å². The number of aromatic nitrogens is 1. The first-order valence-electron chi connectivity index (χ1n) is 10.00. The van der Waals surface area contributed by atoms with Crippen LogP contribution in [-0.4, -0.2) is 60.5 Å². The lowest BCUT2D eigenvalue weighted by atomic mass is 9.99. The molecule has 0 bridgehead atoms. The Labute approximate surface area is 155 Å². The van der Waals surface area contributed by atoms with Crippen LogP contribution in [0.4, 0.5) is 5.69 Å². The Morgan fingerprint density at radius 2 is 1.96 bits per heavy atom. The fourth-order valence-electron chi connectivity index (χ4n) is 4.49. The number of carbonyl (C=O) groups excluding carboxylic acids is 1. The molecule has 1 aromatic heterocycles. The summed E-state index contributed by atoms with van der Waals surface area (Å²) in [5.74, 6) is -0.379. The lowest BCUT2D eigenvalue weighted by molar-refractivity contribution is -0.181. The quantitative estimate of drug-likeness (QED) is 0.831. The fourth-order valence-corrected chi connectivity index (χ4v) is 4.49. The van der Waals surface area contributed by atoms with Crippen molar-refractivity contribution in [3.05, 3.63) is 24.0 Å². The van der Waals surface area contributed by atoms with Gasteiger partial charge in [0.15, 0.2) is 5.79 Å². The summed E-state index contributed by atoms with van der Waals surface area (Å²) in [6, 6.07) is 2.58. The summed E-state index contributed by atoms with van der Waals surface area (Å²) in [5, 5.41) is 0. The van der Waals surface area contributed by atoms with Crippen LogP contribution < -0.4 is 4.90 Å². The van der Waals surface area contributed by atoms with Crippen LogP contribution in [0.1, 0.15) is 55.8 Å². The number of hydrogen-bond donors (Lipinski definition) is 0. The van der Waals surface area contributed by atoms with Gasteiger partial charge in [-0.05, 0) is 31.7 Å². The number of nitrogens with zero attached hydrogens (tertiary/aromatic N) is 3. The maximum absolute atomic E-state index is 13.0. The van der Waals surface area contributed by atoms with Crippen molar-refractivity contribution < 1.29 is 14.3 Å². The summed E-state index contributed by atoms with van der Waals surface area (Å²) >= 11 is 0. The number of carbonyl (C=O) groups is 1. The summed E-state index contributed by atoms with van der Waals surface area (Å²) in [6.45, 7) is 5.96. The second kappa shape index (κ2) is 7.53. The Bertz CT molecular complexity index is 635. The van der Waals surface area contributed by atoms with Crippen molar-refractivity contribution in [2.24, 2.45) is 0 Å². The number of pyridine rings is 1. The highest BCUT2D eigenvalue weighted by Gasteiger charge is 2.41. The van der Waals surface area contributed by atoms with Gasteiger partial charge in [0.1, 0.15) is 0 Å². The first-order chi connectivity index (χ1) is 12.7. The highest BCUT2D eigenvalue weighted by molar-refractivity contribution is 5.94. The van der Waals surface area contributed by atoms with Gasteiger partial charge in [0.05, 0.1) is 30.7 Å². The Morgan fingerprint density at radius 1 is 1.19 bits per heavy atom.